The summed E-state index contributed by atoms with van der Waals surface area (Å²) in [6, 6.07) is 8.07. The van der Waals surface area contributed by atoms with Crippen LogP contribution in [0.5, 0.6) is 5.75 Å². The van der Waals surface area contributed by atoms with E-state index in [1.54, 1.807) is 7.11 Å². The Labute approximate surface area is 126 Å². The Morgan fingerprint density at radius 2 is 2.05 bits per heavy atom. The van der Waals surface area contributed by atoms with Crippen molar-refractivity contribution in [1.82, 2.24) is 10.2 Å². The molecular formula is C15H23ClN2O2. The van der Waals surface area contributed by atoms with E-state index < -0.39 is 0 Å². The number of carbonyl (C=O) groups excluding carboxylic acids is 1. The molecule has 0 aromatic heterocycles. The van der Waals surface area contributed by atoms with Crippen LogP contribution in [0.1, 0.15) is 24.8 Å². The molecule has 1 aliphatic rings. The molecule has 5 heteroatoms. The molecule has 0 radical (unpaired) electrons. The molecule has 1 saturated heterocycles. The average molecular weight is 299 g/mol. The van der Waals surface area contributed by atoms with Gasteiger partial charge in [-0.1, -0.05) is 12.1 Å². The first-order valence-electron chi connectivity index (χ1n) is 6.91. The monoisotopic (exact) mass is 298 g/mol. The lowest BCUT2D eigenvalue weighted by molar-refractivity contribution is -0.127. The summed E-state index contributed by atoms with van der Waals surface area (Å²) < 4.78 is 5.12. The first-order chi connectivity index (χ1) is 9.29. The van der Waals surface area contributed by atoms with E-state index >= 15 is 0 Å². The molecule has 1 aromatic rings. The number of amides is 1. The number of methoxy groups -OCH3 is 1. The molecule has 0 saturated carbocycles. The second kappa shape index (κ2) is 8.82. The highest BCUT2D eigenvalue weighted by Gasteiger charge is 2.18. The van der Waals surface area contributed by atoms with Gasteiger partial charge in [-0.05, 0) is 37.1 Å². The van der Waals surface area contributed by atoms with Crippen molar-refractivity contribution in [3.8, 4) is 5.75 Å². The van der Waals surface area contributed by atoms with Gasteiger partial charge in [-0.2, -0.15) is 0 Å². The molecule has 1 aromatic carbocycles. The molecule has 1 amide bonds. The predicted octanol–water partition coefficient (Wildman–Crippen LogP) is 2.22. The molecule has 1 fully saturated rings. The third-order valence-electron chi connectivity index (χ3n) is 3.44. The summed E-state index contributed by atoms with van der Waals surface area (Å²) in [4.78, 5) is 13.4. The topological polar surface area (TPSA) is 41.6 Å². The van der Waals surface area contributed by atoms with Crippen molar-refractivity contribution in [2.24, 2.45) is 0 Å². The van der Waals surface area contributed by atoms with Crippen molar-refractivity contribution in [2.45, 2.75) is 25.8 Å². The van der Waals surface area contributed by atoms with Crippen LogP contribution < -0.4 is 10.1 Å². The SMILES string of the molecule is COc1ccc(CNCCCN2CCCC2=O)cc1.Cl. The number of hydrogen-bond donors (Lipinski definition) is 1. The number of likely N-dealkylation sites (tertiary alicyclic amines) is 1. The minimum absolute atomic E-state index is 0. The lowest BCUT2D eigenvalue weighted by atomic mass is 10.2. The maximum absolute atomic E-state index is 11.4. The van der Waals surface area contributed by atoms with Gasteiger partial charge in [0.25, 0.3) is 0 Å². The van der Waals surface area contributed by atoms with E-state index in [-0.39, 0.29) is 12.4 Å². The number of halogens is 1. The first kappa shape index (κ1) is 16.8. The van der Waals surface area contributed by atoms with E-state index in [1.807, 2.05) is 17.0 Å². The Balaban J connectivity index is 0.00000200. The number of rotatable bonds is 7. The van der Waals surface area contributed by atoms with Crippen molar-refractivity contribution < 1.29 is 9.53 Å². The molecule has 0 spiro atoms. The number of nitrogens with zero attached hydrogens (tertiary/aromatic N) is 1. The molecule has 4 nitrogen and oxygen atoms in total. The van der Waals surface area contributed by atoms with Gasteiger partial charge in [0, 0.05) is 26.1 Å². The average Bonchev–Trinajstić information content (AvgIpc) is 2.85. The molecule has 1 aliphatic heterocycles. The van der Waals surface area contributed by atoms with Gasteiger partial charge < -0.3 is 15.0 Å². The van der Waals surface area contributed by atoms with Gasteiger partial charge in [0.15, 0.2) is 0 Å². The van der Waals surface area contributed by atoms with E-state index in [1.165, 1.54) is 5.56 Å². The summed E-state index contributed by atoms with van der Waals surface area (Å²) in [6.07, 6.45) is 2.78. The van der Waals surface area contributed by atoms with Crippen LogP contribution >= 0.6 is 12.4 Å². The molecule has 20 heavy (non-hydrogen) atoms. The summed E-state index contributed by atoms with van der Waals surface area (Å²) in [5, 5.41) is 3.40. The smallest absolute Gasteiger partial charge is 0.222 e. The van der Waals surface area contributed by atoms with Crippen LogP contribution in [0, 0.1) is 0 Å². The van der Waals surface area contributed by atoms with Crippen molar-refractivity contribution in [2.75, 3.05) is 26.7 Å². The van der Waals surface area contributed by atoms with E-state index in [4.69, 9.17) is 4.74 Å². The van der Waals surface area contributed by atoms with Gasteiger partial charge in [-0.15, -0.1) is 12.4 Å². The largest absolute Gasteiger partial charge is 0.497 e. The minimum Gasteiger partial charge on any atom is -0.497 e. The van der Waals surface area contributed by atoms with E-state index in [0.29, 0.717) is 5.91 Å². The maximum atomic E-state index is 11.4. The van der Waals surface area contributed by atoms with E-state index in [2.05, 4.69) is 17.4 Å². The quantitative estimate of drug-likeness (QED) is 0.785. The number of ether oxygens (including phenoxy) is 1. The number of benzene rings is 1. The third-order valence-corrected chi connectivity index (χ3v) is 3.44. The molecule has 1 heterocycles. The Bertz CT molecular complexity index is 409. The molecule has 0 atom stereocenters. The summed E-state index contributed by atoms with van der Waals surface area (Å²) in [5.74, 6) is 1.20. The number of hydrogen-bond acceptors (Lipinski definition) is 3. The Kier molecular flexibility index (Phi) is 7.41. The number of nitrogens with one attached hydrogen (secondary N) is 1. The molecule has 0 unspecified atom stereocenters. The lowest BCUT2D eigenvalue weighted by Crippen LogP contribution is -2.28. The second-order valence-corrected chi connectivity index (χ2v) is 4.86. The second-order valence-electron chi connectivity index (χ2n) is 4.86. The maximum Gasteiger partial charge on any atom is 0.222 e. The van der Waals surface area contributed by atoms with Crippen LogP contribution in [0.15, 0.2) is 24.3 Å². The van der Waals surface area contributed by atoms with Gasteiger partial charge >= 0.3 is 0 Å². The normalized spacial score (nSPS) is 14.2. The van der Waals surface area contributed by atoms with Crippen LogP contribution in [-0.4, -0.2) is 37.6 Å². The van der Waals surface area contributed by atoms with Gasteiger partial charge in [-0.3, -0.25) is 4.79 Å². The lowest BCUT2D eigenvalue weighted by Gasteiger charge is -2.15. The highest BCUT2D eigenvalue weighted by Crippen LogP contribution is 2.11. The zero-order valence-electron chi connectivity index (χ0n) is 11.9. The van der Waals surface area contributed by atoms with Crippen LogP contribution in [0.4, 0.5) is 0 Å². The van der Waals surface area contributed by atoms with Crippen LogP contribution in [0.25, 0.3) is 0 Å². The molecule has 0 bridgehead atoms. The highest BCUT2D eigenvalue weighted by molar-refractivity contribution is 5.85. The zero-order valence-corrected chi connectivity index (χ0v) is 12.7. The van der Waals surface area contributed by atoms with Crippen molar-refractivity contribution in [3.63, 3.8) is 0 Å². The Morgan fingerprint density at radius 1 is 1.30 bits per heavy atom. The van der Waals surface area contributed by atoms with Gasteiger partial charge in [0.1, 0.15) is 5.75 Å². The molecule has 2 rings (SSSR count). The van der Waals surface area contributed by atoms with Gasteiger partial charge in [-0.25, -0.2) is 0 Å². The minimum atomic E-state index is 0. The molecule has 0 aliphatic carbocycles. The number of carbonyl (C=O) groups is 1. The molecule has 1 N–H and O–H groups in total. The molecule has 112 valence electrons. The van der Waals surface area contributed by atoms with Crippen molar-refractivity contribution in [3.05, 3.63) is 29.8 Å². The van der Waals surface area contributed by atoms with E-state index in [9.17, 15) is 4.79 Å². The fourth-order valence-electron chi connectivity index (χ4n) is 2.31. The van der Waals surface area contributed by atoms with Gasteiger partial charge in [0.05, 0.1) is 7.11 Å². The Morgan fingerprint density at radius 3 is 2.65 bits per heavy atom. The highest BCUT2D eigenvalue weighted by atomic mass is 35.5. The third kappa shape index (κ3) is 5.02. The van der Waals surface area contributed by atoms with Crippen LogP contribution in [0.3, 0.4) is 0 Å². The van der Waals surface area contributed by atoms with Crippen molar-refractivity contribution in [1.29, 1.82) is 0 Å². The van der Waals surface area contributed by atoms with Crippen molar-refractivity contribution >= 4 is 18.3 Å². The summed E-state index contributed by atoms with van der Waals surface area (Å²) in [7, 11) is 1.67. The zero-order chi connectivity index (χ0) is 13.5. The van der Waals surface area contributed by atoms with Crippen LogP contribution in [0.2, 0.25) is 0 Å². The predicted molar refractivity (Wildman–Crippen MR) is 82.4 cm³/mol. The van der Waals surface area contributed by atoms with Gasteiger partial charge in [0.2, 0.25) is 5.91 Å². The summed E-state index contributed by atoms with van der Waals surface area (Å²) >= 11 is 0. The fourth-order valence-corrected chi connectivity index (χ4v) is 2.31. The van der Waals surface area contributed by atoms with Crippen LogP contribution in [-0.2, 0) is 11.3 Å². The standard InChI is InChI=1S/C15H22N2O2.ClH/c1-19-14-7-5-13(6-8-14)12-16-9-3-11-17-10-2-4-15(17)18;/h5-8,16H,2-4,9-12H2,1H3;1H. The fraction of sp³-hybridized carbons (Fsp3) is 0.533. The Hall–Kier alpha value is -1.26. The molecular weight excluding hydrogens is 276 g/mol. The summed E-state index contributed by atoms with van der Waals surface area (Å²) in [5.41, 5.74) is 1.25. The summed E-state index contributed by atoms with van der Waals surface area (Å²) in [6.45, 7) is 3.62. The van der Waals surface area contributed by atoms with E-state index in [0.717, 1.165) is 51.2 Å². The first-order valence-corrected chi connectivity index (χ1v) is 6.91.